The zero-order chi connectivity index (χ0) is 4.83. The molecule has 4 heteroatoms. The third-order valence-corrected chi connectivity index (χ3v) is 0.636. The largest absolute Gasteiger partial charge is 0.293 e. The Bertz CT molecular complexity index is 41.9. The van der Waals surface area contributed by atoms with E-state index in [-0.39, 0.29) is 31.4 Å². The summed E-state index contributed by atoms with van der Waals surface area (Å²) in [5, 5.41) is 0. The molecule has 0 aliphatic carbocycles. The van der Waals surface area contributed by atoms with E-state index in [1.54, 1.807) is 0 Å². The molecule has 0 unspecified atom stereocenters. The van der Waals surface area contributed by atoms with Crippen molar-refractivity contribution in [1.82, 2.24) is 0 Å². The van der Waals surface area contributed by atoms with E-state index in [9.17, 15) is 4.21 Å². The van der Waals surface area contributed by atoms with E-state index in [2.05, 4.69) is 4.18 Å². The summed E-state index contributed by atoms with van der Waals surface area (Å²) in [6, 6.07) is 0. The molecule has 0 atom stereocenters. The van der Waals surface area contributed by atoms with Gasteiger partial charge in [0.15, 0.2) is 0 Å². The van der Waals surface area contributed by atoms with Crippen molar-refractivity contribution in [2.75, 3.05) is 6.61 Å². The van der Waals surface area contributed by atoms with Crippen molar-refractivity contribution in [2.45, 2.75) is 13.3 Å². The van der Waals surface area contributed by atoms with Gasteiger partial charge in [0.25, 0.3) is 0 Å². The predicted octanol–water partition coefficient (Wildman–Crippen LogP) is 0.271. The molecule has 2 nitrogen and oxygen atoms in total. The van der Waals surface area contributed by atoms with Crippen molar-refractivity contribution in [2.24, 2.45) is 0 Å². The topological polar surface area (TPSA) is 26.3 Å². The smallest absolute Gasteiger partial charge is 0.142 e. The van der Waals surface area contributed by atoms with Crippen LogP contribution in [0.5, 0.6) is 0 Å². The van der Waals surface area contributed by atoms with Crippen molar-refractivity contribution in [3.63, 3.8) is 0 Å². The van der Waals surface area contributed by atoms with E-state index in [0.29, 0.717) is 6.61 Å². The van der Waals surface area contributed by atoms with Crippen molar-refractivity contribution in [3.05, 3.63) is 0 Å². The molecule has 0 spiro atoms. The Morgan fingerprint density at radius 2 is 2.29 bits per heavy atom. The van der Waals surface area contributed by atoms with Crippen LogP contribution in [0.2, 0.25) is 0 Å². The molecule has 0 aromatic carbocycles. The SMILES string of the molecule is CCCO[SH]=O.[Zn]. The Morgan fingerprint density at radius 1 is 1.71 bits per heavy atom. The minimum atomic E-state index is -0.205. The first-order chi connectivity index (χ1) is 2.91. The summed E-state index contributed by atoms with van der Waals surface area (Å²) in [5.41, 5.74) is 0. The molecular weight excluding hydrogens is 165 g/mol. The molecule has 0 saturated heterocycles. The second-order valence-corrected chi connectivity index (χ2v) is 1.32. The van der Waals surface area contributed by atoms with Crippen LogP contribution in [0.15, 0.2) is 0 Å². The minimum absolute atomic E-state index is 0. The first kappa shape index (κ1) is 10.7. The van der Waals surface area contributed by atoms with Gasteiger partial charge in [0.1, 0.15) is 11.9 Å². The average molecular weight is 174 g/mol. The fraction of sp³-hybridized carbons (Fsp3) is 1.00. The summed E-state index contributed by atoms with van der Waals surface area (Å²) in [7, 11) is 0. The quantitative estimate of drug-likeness (QED) is 0.377. The van der Waals surface area contributed by atoms with Crippen LogP contribution in [-0.4, -0.2) is 10.8 Å². The van der Waals surface area contributed by atoms with Gasteiger partial charge in [-0.05, 0) is 6.42 Å². The third kappa shape index (κ3) is 10.8. The molecule has 0 radical (unpaired) electrons. The Hall–Kier alpha value is 0.733. The second kappa shape index (κ2) is 9.88. The molecule has 0 fully saturated rings. The maximum absolute atomic E-state index is 9.44. The molecule has 0 aliphatic heterocycles. The maximum atomic E-state index is 9.44. The Morgan fingerprint density at radius 3 is 2.43 bits per heavy atom. The number of rotatable bonds is 3. The normalized spacial score (nSPS) is 7.57. The molecule has 0 aromatic rings. The molecule has 0 amide bonds. The second-order valence-electron chi connectivity index (χ2n) is 0.908. The number of hydrogen-bond donors (Lipinski definition) is 1. The summed E-state index contributed by atoms with van der Waals surface area (Å²) in [5.74, 6) is 0. The average Bonchev–Trinajstić information content (AvgIpc) is 1.61. The van der Waals surface area contributed by atoms with E-state index >= 15 is 0 Å². The third-order valence-electron chi connectivity index (χ3n) is 0.348. The molecule has 0 saturated carbocycles. The fourth-order valence-electron chi connectivity index (χ4n) is 0.129. The van der Waals surface area contributed by atoms with Gasteiger partial charge in [-0.2, -0.15) is 0 Å². The van der Waals surface area contributed by atoms with Crippen molar-refractivity contribution in [3.8, 4) is 0 Å². The van der Waals surface area contributed by atoms with Crippen molar-refractivity contribution < 1.29 is 27.9 Å². The van der Waals surface area contributed by atoms with E-state index in [4.69, 9.17) is 0 Å². The molecule has 0 N–H and O–H groups in total. The molecular formula is C3H8O2SZn. The Balaban J connectivity index is 0. The minimum Gasteiger partial charge on any atom is -0.293 e. The van der Waals surface area contributed by atoms with Crippen LogP contribution in [-0.2, 0) is 35.6 Å². The van der Waals surface area contributed by atoms with Crippen LogP contribution in [0.4, 0.5) is 0 Å². The fourth-order valence-corrected chi connectivity index (χ4v) is 0.386. The summed E-state index contributed by atoms with van der Waals surface area (Å²) in [6.45, 7) is 2.55. The molecule has 40 valence electrons. The van der Waals surface area contributed by atoms with E-state index in [1.807, 2.05) is 6.92 Å². The molecule has 0 aliphatic rings. The van der Waals surface area contributed by atoms with Crippen LogP contribution in [0, 0.1) is 0 Å². The molecule has 0 heterocycles. The molecule has 0 aromatic heterocycles. The van der Waals surface area contributed by atoms with Gasteiger partial charge in [-0.15, -0.1) is 0 Å². The Kier molecular flexibility index (Phi) is 15.1. The maximum Gasteiger partial charge on any atom is 0.142 e. The first-order valence-corrected chi connectivity index (χ1v) is 2.59. The molecule has 7 heavy (non-hydrogen) atoms. The van der Waals surface area contributed by atoms with E-state index in [1.165, 1.54) is 0 Å². The zero-order valence-corrected chi connectivity index (χ0v) is 8.25. The summed E-state index contributed by atoms with van der Waals surface area (Å²) in [6.07, 6.45) is 0.926. The van der Waals surface area contributed by atoms with Crippen molar-refractivity contribution in [1.29, 1.82) is 0 Å². The van der Waals surface area contributed by atoms with Gasteiger partial charge in [0, 0.05) is 19.5 Å². The van der Waals surface area contributed by atoms with Crippen LogP contribution in [0.3, 0.4) is 0 Å². The Labute approximate surface area is 60.1 Å². The van der Waals surface area contributed by atoms with Crippen LogP contribution < -0.4 is 0 Å². The van der Waals surface area contributed by atoms with Crippen LogP contribution >= 0.6 is 0 Å². The van der Waals surface area contributed by atoms with Crippen LogP contribution in [0.1, 0.15) is 13.3 Å². The van der Waals surface area contributed by atoms with Crippen LogP contribution in [0.25, 0.3) is 0 Å². The van der Waals surface area contributed by atoms with Gasteiger partial charge in [-0.3, -0.25) is 4.18 Å². The van der Waals surface area contributed by atoms with Crippen molar-refractivity contribution >= 4 is 11.9 Å². The van der Waals surface area contributed by atoms with Gasteiger partial charge >= 0.3 is 0 Å². The standard InChI is InChI=1S/C3H8O2S.Zn/c1-2-3-5-6-4;/h6H,2-3H2,1H3;. The molecule has 0 bridgehead atoms. The van der Waals surface area contributed by atoms with E-state index in [0.717, 1.165) is 6.42 Å². The number of hydrogen-bond acceptors (Lipinski definition) is 2. The van der Waals surface area contributed by atoms with Gasteiger partial charge in [-0.25, -0.2) is 4.21 Å². The summed E-state index contributed by atoms with van der Waals surface area (Å²) < 4.78 is 13.8. The van der Waals surface area contributed by atoms with Gasteiger partial charge in [-0.1, -0.05) is 6.92 Å². The zero-order valence-electron chi connectivity index (χ0n) is 4.39. The summed E-state index contributed by atoms with van der Waals surface area (Å²) >= 11 is -0.205. The van der Waals surface area contributed by atoms with Gasteiger partial charge in [0.2, 0.25) is 0 Å². The predicted molar refractivity (Wildman–Crippen MR) is 25.8 cm³/mol. The molecule has 0 rings (SSSR count). The van der Waals surface area contributed by atoms with Gasteiger partial charge < -0.3 is 0 Å². The summed E-state index contributed by atoms with van der Waals surface area (Å²) in [4.78, 5) is 0. The van der Waals surface area contributed by atoms with E-state index < -0.39 is 0 Å². The monoisotopic (exact) mass is 172 g/mol. The number of thiol groups is 1. The first-order valence-electron chi connectivity index (χ1n) is 1.86. The van der Waals surface area contributed by atoms with Gasteiger partial charge in [0.05, 0.1) is 6.61 Å².